The van der Waals surface area contributed by atoms with Gasteiger partial charge in [0.25, 0.3) is 0 Å². The predicted octanol–water partition coefficient (Wildman–Crippen LogP) is 2.78. The first-order valence-corrected chi connectivity index (χ1v) is 8.35. The number of rotatable bonds is 4. The highest BCUT2D eigenvalue weighted by molar-refractivity contribution is 8.00. The van der Waals surface area contributed by atoms with Crippen LogP contribution in [0.4, 0.5) is 5.69 Å². The maximum absolute atomic E-state index is 12.2. The molecule has 1 aromatic carbocycles. The van der Waals surface area contributed by atoms with Gasteiger partial charge in [0.15, 0.2) is 0 Å². The molecule has 0 unspecified atom stereocenters. The molecule has 2 rings (SSSR count). The molecule has 0 aromatic heterocycles. The Bertz CT molecular complexity index is 491. The second-order valence-electron chi connectivity index (χ2n) is 5.91. The molecule has 116 valence electrons. The molecule has 1 aromatic rings. The van der Waals surface area contributed by atoms with Gasteiger partial charge in [0, 0.05) is 35.3 Å². The van der Waals surface area contributed by atoms with E-state index in [1.165, 1.54) is 0 Å². The quantitative estimate of drug-likeness (QED) is 0.869. The Labute approximate surface area is 131 Å². The maximum atomic E-state index is 12.2. The van der Waals surface area contributed by atoms with Crippen molar-refractivity contribution in [3.63, 3.8) is 0 Å². The number of nitrogens with zero attached hydrogens (tertiary/aromatic N) is 1. The third kappa shape index (κ3) is 5.16. The van der Waals surface area contributed by atoms with Crippen molar-refractivity contribution in [2.45, 2.75) is 31.4 Å². The van der Waals surface area contributed by atoms with E-state index in [-0.39, 0.29) is 10.7 Å². The van der Waals surface area contributed by atoms with E-state index >= 15 is 0 Å². The fraction of sp³-hybridized carbons (Fsp3) is 0.562. The molecule has 21 heavy (non-hydrogen) atoms. The van der Waals surface area contributed by atoms with Crippen molar-refractivity contribution < 1.29 is 9.53 Å². The summed E-state index contributed by atoms with van der Waals surface area (Å²) >= 11 is 1.95. The number of anilines is 1. The zero-order valence-corrected chi connectivity index (χ0v) is 13.6. The highest BCUT2D eigenvalue weighted by atomic mass is 32.2. The minimum absolute atomic E-state index is 0.178. The van der Waals surface area contributed by atoms with Crippen LogP contribution in [0.5, 0.6) is 5.75 Å². The molecule has 1 heterocycles. The Hall–Kier alpha value is -1.36. The van der Waals surface area contributed by atoms with Crippen molar-refractivity contribution in [1.29, 1.82) is 0 Å². The van der Waals surface area contributed by atoms with Crippen LogP contribution in [0, 0.1) is 0 Å². The Morgan fingerprint density at radius 3 is 3.00 bits per heavy atom. The van der Waals surface area contributed by atoms with Gasteiger partial charge in [0.05, 0.1) is 13.0 Å². The summed E-state index contributed by atoms with van der Waals surface area (Å²) in [5.41, 5.74) is 6.36. The average Bonchev–Trinajstić information content (AvgIpc) is 2.60. The molecule has 4 nitrogen and oxygen atoms in total. The van der Waals surface area contributed by atoms with Crippen LogP contribution in [0.1, 0.15) is 26.7 Å². The minimum Gasteiger partial charge on any atom is -0.493 e. The van der Waals surface area contributed by atoms with Gasteiger partial charge >= 0.3 is 0 Å². The summed E-state index contributed by atoms with van der Waals surface area (Å²) in [6.45, 7) is 6.57. The van der Waals surface area contributed by atoms with E-state index in [0.29, 0.717) is 18.7 Å². The number of amides is 1. The molecular weight excluding hydrogens is 284 g/mol. The van der Waals surface area contributed by atoms with Crippen molar-refractivity contribution in [2.75, 3.05) is 31.2 Å². The normalized spacial score (nSPS) is 18.1. The lowest BCUT2D eigenvalue weighted by molar-refractivity contribution is -0.131. The Morgan fingerprint density at radius 2 is 2.24 bits per heavy atom. The second kappa shape index (κ2) is 7.07. The lowest BCUT2D eigenvalue weighted by atomic mass is 10.1. The summed E-state index contributed by atoms with van der Waals surface area (Å²) in [5.74, 6) is 1.90. The molecule has 1 saturated heterocycles. The van der Waals surface area contributed by atoms with Crippen LogP contribution in [0.2, 0.25) is 0 Å². The summed E-state index contributed by atoms with van der Waals surface area (Å²) in [4.78, 5) is 14.2. The van der Waals surface area contributed by atoms with Crippen molar-refractivity contribution in [2.24, 2.45) is 0 Å². The smallest absolute Gasteiger partial charge is 0.226 e. The summed E-state index contributed by atoms with van der Waals surface area (Å²) in [6.07, 6.45) is 1.46. The number of thioether (sulfide) groups is 1. The van der Waals surface area contributed by atoms with E-state index in [2.05, 4.69) is 13.8 Å². The summed E-state index contributed by atoms with van der Waals surface area (Å²) < 4.78 is 5.86. The van der Waals surface area contributed by atoms with E-state index in [4.69, 9.17) is 10.5 Å². The van der Waals surface area contributed by atoms with Crippen LogP contribution in [-0.4, -0.2) is 41.0 Å². The largest absolute Gasteiger partial charge is 0.493 e. The molecular formula is C16H24N2O2S. The number of ether oxygens (including phenoxy) is 1. The Balaban J connectivity index is 1.77. The first kappa shape index (κ1) is 16.0. The van der Waals surface area contributed by atoms with Gasteiger partial charge < -0.3 is 15.4 Å². The predicted molar refractivity (Wildman–Crippen MR) is 88.7 cm³/mol. The van der Waals surface area contributed by atoms with Gasteiger partial charge in [-0.3, -0.25) is 4.79 Å². The molecule has 0 aliphatic carbocycles. The number of nitrogen functional groups attached to an aromatic ring is 1. The SMILES string of the molecule is CC1(C)CCN(C(=O)CCOc2cccc(N)c2)CCS1. The zero-order chi connectivity index (χ0) is 15.3. The van der Waals surface area contributed by atoms with Crippen LogP contribution in [-0.2, 0) is 4.79 Å². The number of carbonyl (C=O) groups is 1. The van der Waals surface area contributed by atoms with Gasteiger partial charge in [0.1, 0.15) is 5.75 Å². The van der Waals surface area contributed by atoms with E-state index < -0.39 is 0 Å². The van der Waals surface area contributed by atoms with Crippen LogP contribution in [0.15, 0.2) is 24.3 Å². The molecule has 1 amide bonds. The molecule has 1 fully saturated rings. The molecule has 0 spiro atoms. The average molecular weight is 308 g/mol. The Morgan fingerprint density at radius 1 is 1.43 bits per heavy atom. The number of hydrogen-bond donors (Lipinski definition) is 1. The molecule has 5 heteroatoms. The van der Waals surface area contributed by atoms with Gasteiger partial charge in [-0.05, 0) is 18.6 Å². The topological polar surface area (TPSA) is 55.6 Å². The fourth-order valence-electron chi connectivity index (χ4n) is 2.29. The third-order valence-electron chi connectivity index (χ3n) is 3.63. The number of carbonyl (C=O) groups excluding carboxylic acids is 1. The second-order valence-corrected chi connectivity index (χ2v) is 7.71. The lowest BCUT2D eigenvalue weighted by Crippen LogP contribution is -2.34. The van der Waals surface area contributed by atoms with Crippen molar-refractivity contribution in [3.8, 4) is 5.75 Å². The van der Waals surface area contributed by atoms with Crippen molar-refractivity contribution in [1.82, 2.24) is 4.90 Å². The molecule has 1 aliphatic heterocycles. The molecule has 0 bridgehead atoms. The molecule has 2 N–H and O–H groups in total. The summed E-state index contributed by atoms with van der Waals surface area (Å²) in [5, 5.41) is 0. The molecule has 0 atom stereocenters. The van der Waals surface area contributed by atoms with Crippen molar-refractivity contribution in [3.05, 3.63) is 24.3 Å². The zero-order valence-electron chi connectivity index (χ0n) is 12.8. The maximum Gasteiger partial charge on any atom is 0.226 e. The third-order valence-corrected chi connectivity index (χ3v) is 5.01. The number of benzene rings is 1. The van der Waals surface area contributed by atoms with Crippen molar-refractivity contribution >= 4 is 23.4 Å². The summed E-state index contributed by atoms with van der Waals surface area (Å²) in [7, 11) is 0. The highest BCUT2D eigenvalue weighted by Crippen LogP contribution is 2.30. The standard InChI is InChI=1S/C16H24N2O2S/c1-16(2)7-8-18(9-11-21-16)15(19)6-10-20-14-5-3-4-13(17)12-14/h3-5,12H,6-11,17H2,1-2H3. The van der Waals surface area contributed by atoms with Crippen LogP contribution in [0.3, 0.4) is 0 Å². The summed E-state index contributed by atoms with van der Waals surface area (Å²) in [6, 6.07) is 7.29. The van der Waals surface area contributed by atoms with Crippen LogP contribution < -0.4 is 10.5 Å². The van der Waals surface area contributed by atoms with E-state index in [1.54, 1.807) is 6.07 Å². The Kier molecular flexibility index (Phi) is 5.39. The molecule has 1 aliphatic rings. The number of hydrogen-bond acceptors (Lipinski definition) is 4. The highest BCUT2D eigenvalue weighted by Gasteiger charge is 2.25. The van der Waals surface area contributed by atoms with E-state index in [0.717, 1.165) is 31.0 Å². The van der Waals surface area contributed by atoms with Gasteiger partial charge in [-0.1, -0.05) is 19.9 Å². The molecule has 0 saturated carbocycles. The van der Waals surface area contributed by atoms with E-state index in [1.807, 2.05) is 34.9 Å². The van der Waals surface area contributed by atoms with Crippen LogP contribution in [0.25, 0.3) is 0 Å². The monoisotopic (exact) mass is 308 g/mol. The molecule has 0 radical (unpaired) electrons. The van der Waals surface area contributed by atoms with Gasteiger partial charge in [0.2, 0.25) is 5.91 Å². The number of nitrogens with two attached hydrogens (primary N) is 1. The first-order valence-electron chi connectivity index (χ1n) is 7.36. The fourth-order valence-corrected chi connectivity index (χ4v) is 3.39. The first-order chi connectivity index (χ1) is 9.96. The van der Waals surface area contributed by atoms with Gasteiger partial charge in [-0.15, -0.1) is 0 Å². The lowest BCUT2D eigenvalue weighted by Gasteiger charge is -2.22. The van der Waals surface area contributed by atoms with Crippen LogP contribution >= 0.6 is 11.8 Å². The van der Waals surface area contributed by atoms with E-state index in [9.17, 15) is 4.79 Å². The van der Waals surface area contributed by atoms with Gasteiger partial charge in [-0.2, -0.15) is 11.8 Å². The minimum atomic E-state index is 0.178. The van der Waals surface area contributed by atoms with Gasteiger partial charge in [-0.25, -0.2) is 0 Å².